The average molecular weight is 436 g/mol. The first-order valence-corrected chi connectivity index (χ1v) is 10.1. The average Bonchev–Trinajstić information content (AvgIpc) is 3.08. The highest BCUT2D eigenvalue weighted by molar-refractivity contribution is 7.99. The number of nitrogens with one attached hydrogen (secondary N) is 3. The quantitative estimate of drug-likeness (QED) is 0.303. The Morgan fingerprint density at radius 3 is 2.60 bits per heavy atom. The van der Waals surface area contributed by atoms with Crippen molar-refractivity contribution >= 4 is 40.9 Å². The summed E-state index contributed by atoms with van der Waals surface area (Å²) in [5, 5.41) is 18.0. The van der Waals surface area contributed by atoms with E-state index in [0.29, 0.717) is 35.4 Å². The number of carbonyl (C=O) groups excluding carboxylic acids is 3. The molecular formula is C19H25N5O5S. The van der Waals surface area contributed by atoms with Crippen molar-refractivity contribution in [2.24, 2.45) is 0 Å². The highest BCUT2D eigenvalue weighted by Gasteiger charge is 2.15. The Labute approximate surface area is 178 Å². The van der Waals surface area contributed by atoms with Crippen LogP contribution in [-0.2, 0) is 32.3 Å². The number of aliphatic hydroxyl groups excluding tert-OH is 1. The van der Waals surface area contributed by atoms with Crippen LogP contribution in [0.15, 0.2) is 35.6 Å². The maximum Gasteiger partial charge on any atom is 0.240 e. The molecule has 0 unspecified atom stereocenters. The van der Waals surface area contributed by atoms with E-state index in [-0.39, 0.29) is 36.6 Å². The number of thioether (sulfide) groups is 1. The highest BCUT2D eigenvalue weighted by Crippen LogP contribution is 2.20. The molecule has 2 rings (SSSR count). The molecule has 3 amide bonds. The lowest BCUT2D eigenvalue weighted by Crippen LogP contribution is -2.31. The number of methoxy groups -OCH3 is 1. The molecule has 162 valence electrons. The minimum Gasteiger partial charge on any atom is -0.390 e. The topological polar surface area (TPSA) is 135 Å². The Balaban J connectivity index is 1.95. The van der Waals surface area contributed by atoms with Crippen molar-refractivity contribution in [3.05, 3.63) is 36.2 Å². The summed E-state index contributed by atoms with van der Waals surface area (Å²) >= 11 is 1.15. The van der Waals surface area contributed by atoms with E-state index >= 15 is 0 Å². The summed E-state index contributed by atoms with van der Waals surface area (Å²) in [5.74, 6) is -0.672. The first kappa shape index (κ1) is 23.4. The van der Waals surface area contributed by atoms with Crippen LogP contribution < -0.4 is 16.0 Å². The van der Waals surface area contributed by atoms with Crippen LogP contribution in [0.25, 0.3) is 0 Å². The molecule has 1 aromatic carbocycles. The van der Waals surface area contributed by atoms with Crippen molar-refractivity contribution in [3.63, 3.8) is 0 Å². The number of hydrogen-bond donors (Lipinski definition) is 4. The van der Waals surface area contributed by atoms with Gasteiger partial charge in [0, 0.05) is 32.0 Å². The van der Waals surface area contributed by atoms with Crippen LogP contribution in [0.5, 0.6) is 0 Å². The van der Waals surface area contributed by atoms with Crippen LogP contribution in [0, 0.1) is 0 Å². The standard InChI is InChI=1S/C19H25N5O5S/c1-13(26)22-14-4-3-5-15(8-14)23-18(28)12-30-19-21-9-16(11-25)24(19)10-17(27)20-6-7-29-2/h3-5,8-9,25H,6-7,10-12H2,1-2H3,(H,20,27)(H,22,26)(H,23,28). The summed E-state index contributed by atoms with van der Waals surface area (Å²) in [6, 6.07) is 6.80. The van der Waals surface area contributed by atoms with E-state index < -0.39 is 0 Å². The summed E-state index contributed by atoms with van der Waals surface area (Å²) in [5.41, 5.74) is 1.60. The Morgan fingerprint density at radius 2 is 1.93 bits per heavy atom. The minimum absolute atomic E-state index is 0.0255. The van der Waals surface area contributed by atoms with E-state index in [1.807, 2.05) is 0 Å². The Morgan fingerprint density at radius 1 is 1.20 bits per heavy atom. The fraction of sp³-hybridized carbons (Fsp3) is 0.368. The zero-order valence-electron chi connectivity index (χ0n) is 16.8. The maximum atomic E-state index is 12.3. The summed E-state index contributed by atoms with van der Waals surface area (Å²) in [6.45, 7) is 1.88. The third-order valence-corrected chi connectivity index (χ3v) is 4.78. The molecule has 0 aliphatic carbocycles. The zero-order valence-corrected chi connectivity index (χ0v) is 17.6. The molecule has 0 saturated carbocycles. The van der Waals surface area contributed by atoms with Crippen molar-refractivity contribution in [3.8, 4) is 0 Å². The van der Waals surface area contributed by atoms with Gasteiger partial charge in [-0.05, 0) is 18.2 Å². The van der Waals surface area contributed by atoms with Crippen LogP contribution in [0.4, 0.5) is 11.4 Å². The predicted octanol–water partition coefficient (Wildman–Crippen LogP) is 0.827. The van der Waals surface area contributed by atoms with Gasteiger partial charge < -0.3 is 30.4 Å². The molecule has 0 atom stereocenters. The first-order chi connectivity index (χ1) is 14.4. The zero-order chi connectivity index (χ0) is 21.9. The van der Waals surface area contributed by atoms with Gasteiger partial charge in [-0.25, -0.2) is 4.98 Å². The third kappa shape index (κ3) is 7.50. The molecule has 10 nitrogen and oxygen atoms in total. The minimum atomic E-state index is -0.277. The number of hydrogen-bond acceptors (Lipinski definition) is 7. The smallest absolute Gasteiger partial charge is 0.240 e. The lowest BCUT2D eigenvalue weighted by Gasteiger charge is -2.11. The van der Waals surface area contributed by atoms with E-state index in [1.54, 1.807) is 35.9 Å². The molecule has 2 aromatic rings. The van der Waals surface area contributed by atoms with Crippen molar-refractivity contribution in [1.29, 1.82) is 0 Å². The molecule has 0 bridgehead atoms. The van der Waals surface area contributed by atoms with E-state index in [9.17, 15) is 19.5 Å². The number of aliphatic hydroxyl groups is 1. The van der Waals surface area contributed by atoms with Crippen LogP contribution >= 0.6 is 11.8 Å². The molecule has 0 radical (unpaired) electrons. The Hall–Kier alpha value is -2.89. The van der Waals surface area contributed by atoms with Gasteiger partial charge in [0.15, 0.2) is 5.16 Å². The van der Waals surface area contributed by atoms with E-state index in [4.69, 9.17) is 4.74 Å². The van der Waals surface area contributed by atoms with Gasteiger partial charge >= 0.3 is 0 Å². The van der Waals surface area contributed by atoms with Gasteiger partial charge in [-0.3, -0.25) is 14.4 Å². The van der Waals surface area contributed by atoms with Gasteiger partial charge in [0.2, 0.25) is 17.7 Å². The first-order valence-electron chi connectivity index (χ1n) is 9.14. The van der Waals surface area contributed by atoms with Crippen LogP contribution in [0.2, 0.25) is 0 Å². The molecule has 0 spiro atoms. The molecule has 0 fully saturated rings. The van der Waals surface area contributed by atoms with Gasteiger partial charge in [0.05, 0.1) is 30.9 Å². The highest BCUT2D eigenvalue weighted by atomic mass is 32.2. The second-order valence-corrected chi connectivity index (χ2v) is 7.16. The number of imidazole rings is 1. The molecule has 0 saturated heterocycles. The number of carbonyl (C=O) groups is 3. The van der Waals surface area contributed by atoms with Crippen molar-refractivity contribution in [2.45, 2.75) is 25.2 Å². The largest absolute Gasteiger partial charge is 0.390 e. The van der Waals surface area contributed by atoms with Crippen LogP contribution in [0.1, 0.15) is 12.6 Å². The summed E-state index contributed by atoms with van der Waals surface area (Å²) in [7, 11) is 1.54. The number of nitrogens with zero attached hydrogens (tertiary/aromatic N) is 2. The lowest BCUT2D eigenvalue weighted by molar-refractivity contribution is -0.122. The second kappa shape index (κ2) is 12.0. The third-order valence-electron chi connectivity index (χ3n) is 3.79. The molecule has 0 aliphatic rings. The Bertz CT molecular complexity index is 886. The fourth-order valence-electron chi connectivity index (χ4n) is 2.50. The number of rotatable bonds is 11. The molecule has 0 aliphatic heterocycles. The van der Waals surface area contributed by atoms with E-state index in [2.05, 4.69) is 20.9 Å². The van der Waals surface area contributed by atoms with Gasteiger partial charge in [0.1, 0.15) is 6.54 Å². The van der Waals surface area contributed by atoms with E-state index in [1.165, 1.54) is 13.1 Å². The molecule has 30 heavy (non-hydrogen) atoms. The van der Waals surface area contributed by atoms with Gasteiger partial charge in [0.25, 0.3) is 0 Å². The number of ether oxygens (including phenoxy) is 1. The van der Waals surface area contributed by atoms with Gasteiger partial charge in [-0.2, -0.15) is 0 Å². The summed E-state index contributed by atoms with van der Waals surface area (Å²) < 4.78 is 6.46. The SMILES string of the molecule is COCCNC(=O)Cn1c(CO)cnc1SCC(=O)Nc1cccc(NC(C)=O)c1. The Kier molecular flexibility index (Phi) is 9.32. The summed E-state index contributed by atoms with van der Waals surface area (Å²) in [6.07, 6.45) is 1.47. The van der Waals surface area contributed by atoms with Crippen molar-refractivity contribution in [1.82, 2.24) is 14.9 Å². The molecule has 1 heterocycles. The monoisotopic (exact) mass is 435 g/mol. The lowest BCUT2D eigenvalue weighted by atomic mass is 10.2. The molecule has 1 aromatic heterocycles. The normalized spacial score (nSPS) is 10.5. The maximum absolute atomic E-state index is 12.3. The van der Waals surface area contributed by atoms with Gasteiger partial charge in [-0.1, -0.05) is 17.8 Å². The molecule has 4 N–H and O–H groups in total. The fourth-order valence-corrected chi connectivity index (χ4v) is 3.30. The number of aromatic nitrogens is 2. The molecule has 11 heteroatoms. The molecular weight excluding hydrogens is 410 g/mol. The van der Waals surface area contributed by atoms with Crippen molar-refractivity contribution in [2.75, 3.05) is 36.6 Å². The second-order valence-electron chi connectivity index (χ2n) is 6.22. The number of benzene rings is 1. The van der Waals surface area contributed by atoms with E-state index in [0.717, 1.165) is 11.8 Å². The summed E-state index contributed by atoms with van der Waals surface area (Å²) in [4.78, 5) is 39.7. The van der Waals surface area contributed by atoms with Gasteiger partial charge in [-0.15, -0.1) is 0 Å². The van der Waals surface area contributed by atoms with Crippen LogP contribution in [0.3, 0.4) is 0 Å². The van der Waals surface area contributed by atoms with Crippen molar-refractivity contribution < 1.29 is 24.2 Å². The number of amides is 3. The predicted molar refractivity (Wildman–Crippen MR) is 113 cm³/mol. The van der Waals surface area contributed by atoms with Crippen LogP contribution in [-0.4, -0.2) is 58.4 Å². The number of anilines is 2.